The molecule has 0 aromatic heterocycles. The van der Waals surface area contributed by atoms with E-state index in [1.165, 1.54) is 0 Å². The molecular weight excluding hydrogens is 286 g/mol. The molecule has 0 saturated carbocycles. The molecule has 1 saturated heterocycles. The number of benzene rings is 1. The van der Waals surface area contributed by atoms with E-state index < -0.39 is 9.84 Å². The third-order valence-corrected chi connectivity index (χ3v) is 6.52. The summed E-state index contributed by atoms with van der Waals surface area (Å²) in [6, 6.07) is 5.73. The minimum Gasteiger partial charge on any atom is -0.497 e. The van der Waals surface area contributed by atoms with Gasteiger partial charge in [0.1, 0.15) is 5.75 Å². The number of aryl methyl sites for hydroxylation is 1. The molecule has 0 spiro atoms. The minimum atomic E-state index is -3.02. The zero-order valence-electron chi connectivity index (χ0n) is 13.1. The molecule has 1 aromatic rings. The summed E-state index contributed by atoms with van der Waals surface area (Å²) in [6.07, 6.45) is 2.52. The molecule has 0 radical (unpaired) electrons. The highest BCUT2D eigenvalue weighted by Gasteiger charge is 2.36. The zero-order valence-corrected chi connectivity index (χ0v) is 13.9. The summed E-state index contributed by atoms with van der Waals surface area (Å²) in [5.74, 6) is 1.12. The second-order valence-electron chi connectivity index (χ2n) is 5.66. The van der Waals surface area contributed by atoms with Crippen molar-refractivity contribution in [3.05, 3.63) is 29.3 Å². The Labute approximate surface area is 127 Å². The van der Waals surface area contributed by atoms with Gasteiger partial charge in [0.2, 0.25) is 0 Å². The molecule has 5 heteroatoms. The van der Waals surface area contributed by atoms with Crippen LogP contribution in [0.5, 0.6) is 5.75 Å². The van der Waals surface area contributed by atoms with Gasteiger partial charge in [0.15, 0.2) is 9.84 Å². The van der Waals surface area contributed by atoms with Gasteiger partial charge in [0, 0.05) is 6.04 Å². The number of nitrogens with one attached hydrogen (secondary N) is 1. The van der Waals surface area contributed by atoms with Crippen LogP contribution in [0.2, 0.25) is 0 Å². The molecule has 21 heavy (non-hydrogen) atoms. The second-order valence-corrected chi connectivity index (χ2v) is 8.00. The third kappa shape index (κ3) is 3.58. The molecule has 4 nitrogen and oxygen atoms in total. The van der Waals surface area contributed by atoms with Crippen molar-refractivity contribution < 1.29 is 13.2 Å². The van der Waals surface area contributed by atoms with Gasteiger partial charge in [-0.1, -0.05) is 19.4 Å². The van der Waals surface area contributed by atoms with Gasteiger partial charge in [-0.05, 0) is 49.6 Å². The van der Waals surface area contributed by atoms with Gasteiger partial charge in [-0.15, -0.1) is 0 Å². The van der Waals surface area contributed by atoms with Crippen molar-refractivity contribution in [2.75, 3.05) is 19.4 Å². The molecule has 2 rings (SSSR count). The standard InChI is InChI=1S/C16H25NO3S/c1-4-17-16(15-7-5-6-10-21(15,18)19)14-9-8-13(20-3)11-12(14)2/h8-9,11,15-17H,4-7,10H2,1-3H3. The first-order valence-electron chi connectivity index (χ1n) is 7.59. The molecule has 1 aliphatic heterocycles. The fourth-order valence-electron chi connectivity index (χ4n) is 3.14. The highest BCUT2D eigenvalue weighted by Crippen LogP contribution is 2.33. The maximum atomic E-state index is 12.4. The van der Waals surface area contributed by atoms with E-state index in [1.54, 1.807) is 7.11 Å². The van der Waals surface area contributed by atoms with Crippen LogP contribution in [0.25, 0.3) is 0 Å². The molecule has 0 aliphatic carbocycles. The molecule has 2 atom stereocenters. The Morgan fingerprint density at radius 2 is 2.14 bits per heavy atom. The van der Waals surface area contributed by atoms with Crippen molar-refractivity contribution in [2.24, 2.45) is 0 Å². The molecule has 2 unspecified atom stereocenters. The highest BCUT2D eigenvalue weighted by molar-refractivity contribution is 7.92. The van der Waals surface area contributed by atoms with Gasteiger partial charge < -0.3 is 10.1 Å². The van der Waals surface area contributed by atoms with Crippen LogP contribution in [-0.2, 0) is 9.84 Å². The van der Waals surface area contributed by atoms with E-state index >= 15 is 0 Å². The predicted octanol–water partition coefficient (Wildman–Crippen LogP) is 2.62. The second kappa shape index (κ2) is 6.79. The Morgan fingerprint density at radius 3 is 2.71 bits per heavy atom. The number of hydrogen-bond acceptors (Lipinski definition) is 4. The van der Waals surface area contributed by atoms with Gasteiger partial charge in [-0.3, -0.25) is 0 Å². The van der Waals surface area contributed by atoms with Crippen molar-refractivity contribution >= 4 is 9.84 Å². The maximum absolute atomic E-state index is 12.4. The number of sulfone groups is 1. The molecular formula is C16H25NO3S. The lowest BCUT2D eigenvalue weighted by Gasteiger charge is -2.32. The van der Waals surface area contributed by atoms with Crippen LogP contribution in [0.4, 0.5) is 0 Å². The monoisotopic (exact) mass is 311 g/mol. The molecule has 118 valence electrons. The van der Waals surface area contributed by atoms with Crippen LogP contribution in [0, 0.1) is 6.92 Å². The fraction of sp³-hybridized carbons (Fsp3) is 0.625. The first-order valence-corrected chi connectivity index (χ1v) is 9.30. The molecule has 0 bridgehead atoms. The average Bonchev–Trinajstić information content (AvgIpc) is 2.45. The van der Waals surface area contributed by atoms with Crippen LogP contribution in [0.3, 0.4) is 0 Å². The van der Waals surface area contributed by atoms with Crippen LogP contribution >= 0.6 is 0 Å². The minimum absolute atomic E-state index is 0.133. The molecule has 1 aromatic carbocycles. The normalized spacial score (nSPS) is 22.7. The van der Waals surface area contributed by atoms with Gasteiger partial charge in [-0.25, -0.2) is 8.42 Å². The van der Waals surface area contributed by atoms with E-state index in [2.05, 4.69) is 5.32 Å². The molecule has 1 heterocycles. The van der Waals surface area contributed by atoms with E-state index in [1.807, 2.05) is 32.0 Å². The van der Waals surface area contributed by atoms with Crippen molar-refractivity contribution in [1.29, 1.82) is 0 Å². The fourth-order valence-corrected chi connectivity index (χ4v) is 5.23. The SMILES string of the molecule is CCNC(c1ccc(OC)cc1C)C1CCCCS1(=O)=O. The van der Waals surface area contributed by atoms with E-state index in [-0.39, 0.29) is 11.3 Å². The van der Waals surface area contributed by atoms with Gasteiger partial charge in [-0.2, -0.15) is 0 Å². The maximum Gasteiger partial charge on any atom is 0.155 e. The summed E-state index contributed by atoms with van der Waals surface area (Å²) in [5.41, 5.74) is 2.13. The molecule has 0 amide bonds. The summed E-state index contributed by atoms with van der Waals surface area (Å²) in [6.45, 7) is 4.78. The Bertz CT molecular complexity index is 583. The summed E-state index contributed by atoms with van der Waals surface area (Å²) >= 11 is 0. The summed E-state index contributed by atoms with van der Waals surface area (Å²) in [5, 5.41) is 3.06. The van der Waals surface area contributed by atoms with Gasteiger partial charge in [0.25, 0.3) is 0 Å². The van der Waals surface area contributed by atoms with Crippen LogP contribution < -0.4 is 10.1 Å². The lowest BCUT2D eigenvalue weighted by molar-refractivity contribution is 0.413. The number of methoxy groups -OCH3 is 1. The molecule has 1 fully saturated rings. The van der Waals surface area contributed by atoms with Crippen LogP contribution in [0.15, 0.2) is 18.2 Å². The summed E-state index contributed by atoms with van der Waals surface area (Å²) in [7, 11) is -1.38. The first-order chi connectivity index (χ1) is 9.99. The Morgan fingerprint density at radius 1 is 1.38 bits per heavy atom. The largest absolute Gasteiger partial charge is 0.497 e. The third-order valence-electron chi connectivity index (χ3n) is 4.24. The Kier molecular flexibility index (Phi) is 5.27. The van der Waals surface area contributed by atoms with Crippen molar-refractivity contribution in [1.82, 2.24) is 5.32 Å². The molecule has 1 aliphatic rings. The first kappa shape index (κ1) is 16.3. The Hall–Kier alpha value is -1.07. The number of rotatable bonds is 5. The molecule has 1 N–H and O–H groups in total. The number of hydrogen-bond donors (Lipinski definition) is 1. The quantitative estimate of drug-likeness (QED) is 0.908. The lowest BCUT2D eigenvalue weighted by Crippen LogP contribution is -2.40. The van der Waals surface area contributed by atoms with E-state index in [0.29, 0.717) is 5.75 Å². The smallest absolute Gasteiger partial charge is 0.155 e. The average molecular weight is 311 g/mol. The van der Waals surface area contributed by atoms with Gasteiger partial charge in [0.05, 0.1) is 18.1 Å². The van der Waals surface area contributed by atoms with E-state index in [9.17, 15) is 8.42 Å². The van der Waals surface area contributed by atoms with Crippen LogP contribution in [-0.4, -0.2) is 33.1 Å². The number of ether oxygens (including phenoxy) is 1. The Balaban J connectivity index is 2.38. The topological polar surface area (TPSA) is 55.4 Å². The van der Waals surface area contributed by atoms with Gasteiger partial charge >= 0.3 is 0 Å². The van der Waals surface area contributed by atoms with Crippen molar-refractivity contribution in [3.63, 3.8) is 0 Å². The lowest BCUT2D eigenvalue weighted by atomic mass is 9.95. The van der Waals surface area contributed by atoms with Crippen molar-refractivity contribution in [3.8, 4) is 5.75 Å². The van der Waals surface area contributed by atoms with Crippen molar-refractivity contribution in [2.45, 2.75) is 44.4 Å². The summed E-state index contributed by atoms with van der Waals surface area (Å²) in [4.78, 5) is 0. The summed E-state index contributed by atoms with van der Waals surface area (Å²) < 4.78 is 30.1. The predicted molar refractivity (Wildman–Crippen MR) is 85.6 cm³/mol. The highest BCUT2D eigenvalue weighted by atomic mass is 32.2. The van der Waals surface area contributed by atoms with E-state index in [4.69, 9.17) is 4.74 Å². The van der Waals surface area contributed by atoms with Crippen LogP contribution in [0.1, 0.15) is 43.4 Å². The van der Waals surface area contributed by atoms with E-state index in [0.717, 1.165) is 42.7 Å². The zero-order chi connectivity index (χ0) is 15.5.